The summed E-state index contributed by atoms with van der Waals surface area (Å²) in [5, 5.41) is 4.83. The second-order valence-corrected chi connectivity index (χ2v) is 8.42. The lowest BCUT2D eigenvalue weighted by Gasteiger charge is -2.20. The Hall–Kier alpha value is -3.03. The SMILES string of the molecule is CCN(CC)c1ccc(/C=c2\sc3nc(=O)c(Cc4ccccc4Cl)nn3c2=O)cc1. The zero-order chi connectivity index (χ0) is 22.0. The van der Waals surface area contributed by atoms with Crippen LogP contribution in [-0.4, -0.2) is 27.7 Å². The summed E-state index contributed by atoms with van der Waals surface area (Å²) in [6, 6.07) is 15.3. The average Bonchev–Trinajstić information content (AvgIpc) is 3.06. The number of rotatable bonds is 6. The van der Waals surface area contributed by atoms with E-state index in [1.165, 1.54) is 4.52 Å². The Labute approximate surface area is 188 Å². The van der Waals surface area contributed by atoms with Gasteiger partial charge in [0.2, 0.25) is 4.96 Å². The maximum Gasteiger partial charge on any atom is 0.296 e. The third-order valence-electron chi connectivity index (χ3n) is 5.09. The van der Waals surface area contributed by atoms with Gasteiger partial charge in [-0.05, 0) is 49.2 Å². The normalized spacial score (nSPS) is 11.9. The molecular formula is C23H21ClN4O2S. The first-order valence-corrected chi connectivity index (χ1v) is 11.2. The van der Waals surface area contributed by atoms with E-state index in [9.17, 15) is 9.59 Å². The van der Waals surface area contributed by atoms with Gasteiger partial charge in [-0.15, -0.1) is 0 Å². The molecule has 4 rings (SSSR count). The van der Waals surface area contributed by atoms with Crippen molar-refractivity contribution in [3.05, 3.63) is 95.6 Å². The smallest absolute Gasteiger partial charge is 0.296 e. The van der Waals surface area contributed by atoms with Crippen LogP contribution in [0.3, 0.4) is 0 Å². The number of fused-ring (bicyclic) bond motifs is 1. The van der Waals surface area contributed by atoms with E-state index in [0.717, 1.165) is 41.2 Å². The molecular weight excluding hydrogens is 432 g/mol. The van der Waals surface area contributed by atoms with Gasteiger partial charge >= 0.3 is 0 Å². The van der Waals surface area contributed by atoms with E-state index >= 15 is 0 Å². The molecule has 0 bridgehead atoms. The molecule has 0 saturated heterocycles. The minimum atomic E-state index is -0.448. The van der Waals surface area contributed by atoms with Gasteiger partial charge in [0, 0.05) is 30.2 Å². The summed E-state index contributed by atoms with van der Waals surface area (Å²) >= 11 is 7.35. The first-order chi connectivity index (χ1) is 15.0. The van der Waals surface area contributed by atoms with Crippen LogP contribution in [0.15, 0.2) is 58.1 Å². The van der Waals surface area contributed by atoms with Crippen LogP contribution in [0.5, 0.6) is 0 Å². The molecule has 0 aliphatic heterocycles. The number of hydrogen-bond acceptors (Lipinski definition) is 6. The highest BCUT2D eigenvalue weighted by atomic mass is 35.5. The monoisotopic (exact) mass is 452 g/mol. The van der Waals surface area contributed by atoms with Crippen LogP contribution in [0.4, 0.5) is 5.69 Å². The van der Waals surface area contributed by atoms with Crippen LogP contribution in [-0.2, 0) is 6.42 Å². The molecule has 0 fully saturated rings. The van der Waals surface area contributed by atoms with Crippen LogP contribution in [0.2, 0.25) is 5.02 Å². The fraction of sp³-hybridized carbons (Fsp3) is 0.217. The topological polar surface area (TPSA) is 67.6 Å². The number of benzene rings is 2. The van der Waals surface area contributed by atoms with Crippen molar-refractivity contribution in [2.45, 2.75) is 20.3 Å². The minimum Gasteiger partial charge on any atom is -0.372 e. The molecule has 0 unspecified atom stereocenters. The van der Waals surface area contributed by atoms with Crippen LogP contribution < -0.4 is 20.6 Å². The second-order valence-electron chi connectivity index (χ2n) is 7.01. The Morgan fingerprint density at radius 2 is 1.77 bits per heavy atom. The molecule has 158 valence electrons. The predicted octanol–water partition coefficient (Wildman–Crippen LogP) is 3.15. The molecule has 8 heteroatoms. The van der Waals surface area contributed by atoms with E-state index in [4.69, 9.17) is 11.6 Å². The lowest BCUT2D eigenvalue weighted by Crippen LogP contribution is -2.28. The zero-order valence-electron chi connectivity index (χ0n) is 17.2. The fourth-order valence-corrected chi connectivity index (χ4v) is 4.50. The van der Waals surface area contributed by atoms with Gasteiger partial charge in [0.15, 0.2) is 0 Å². The number of anilines is 1. The first-order valence-electron chi connectivity index (χ1n) is 10.0. The number of aromatic nitrogens is 3. The second kappa shape index (κ2) is 8.99. The van der Waals surface area contributed by atoms with Crippen LogP contribution >= 0.6 is 22.9 Å². The number of thiazole rings is 1. The molecule has 6 nitrogen and oxygen atoms in total. The number of nitrogens with zero attached hydrogens (tertiary/aromatic N) is 4. The van der Waals surface area contributed by atoms with E-state index in [0.29, 0.717) is 9.55 Å². The van der Waals surface area contributed by atoms with Crippen molar-refractivity contribution in [2.75, 3.05) is 18.0 Å². The highest BCUT2D eigenvalue weighted by molar-refractivity contribution is 7.15. The Kier molecular flexibility index (Phi) is 6.15. The highest BCUT2D eigenvalue weighted by Crippen LogP contribution is 2.17. The Balaban J connectivity index is 1.72. The van der Waals surface area contributed by atoms with Crippen molar-refractivity contribution in [3.63, 3.8) is 0 Å². The summed E-state index contributed by atoms with van der Waals surface area (Å²) in [6.45, 7) is 6.10. The van der Waals surface area contributed by atoms with E-state index < -0.39 is 5.56 Å². The zero-order valence-corrected chi connectivity index (χ0v) is 18.8. The first kappa shape index (κ1) is 21.2. The van der Waals surface area contributed by atoms with E-state index in [2.05, 4.69) is 28.8 Å². The molecule has 2 aromatic heterocycles. The fourth-order valence-electron chi connectivity index (χ4n) is 3.40. The van der Waals surface area contributed by atoms with E-state index in [1.807, 2.05) is 42.5 Å². The maximum absolute atomic E-state index is 12.9. The maximum atomic E-state index is 12.9. The van der Waals surface area contributed by atoms with Gasteiger partial charge in [0.05, 0.1) is 4.53 Å². The van der Waals surface area contributed by atoms with Crippen molar-refractivity contribution in [3.8, 4) is 0 Å². The molecule has 2 aromatic carbocycles. The lowest BCUT2D eigenvalue weighted by atomic mass is 10.1. The standard InChI is InChI=1S/C23H21ClN4O2S/c1-3-27(4-2)17-11-9-15(10-12-17)13-20-22(30)28-23(31-20)25-21(29)19(26-28)14-16-7-5-6-8-18(16)24/h5-13H,3-4,14H2,1-2H3/b20-13-. The number of halogens is 1. The van der Waals surface area contributed by atoms with Gasteiger partial charge < -0.3 is 4.90 Å². The molecule has 0 radical (unpaired) electrons. The Bertz CT molecular complexity index is 1390. The quantitative estimate of drug-likeness (QED) is 0.449. The van der Waals surface area contributed by atoms with Gasteiger partial charge in [-0.25, -0.2) is 0 Å². The van der Waals surface area contributed by atoms with Gasteiger partial charge in [-0.2, -0.15) is 14.6 Å². The molecule has 0 aliphatic carbocycles. The summed E-state index contributed by atoms with van der Waals surface area (Å²) in [6.07, 6.45) is 2.02. The van der Waals surface area contributed by atoms with Crippen molar-refractivity contribution >= 4 is 39.7 Å². The van der Waals surface area contributed by atoms with Gasteiger partial charge in [0.1, 0.15) is 5.69 Å². The van der Waals surface area contributed by atoms with Gasteiger partial charge in [-0.3, -0.25) is 9.59 Å². The molecule has 0 aliphatic rings. The molecule has 0 amide bonds. The van der Waals surface area contributed by atoms with Crippen LogP contribution in [0.25, 0.3) is 11.0 Å². The molecule has 0 saturated carbocycles. The summed E-state index contributed by atoms with van der Waals surface area (Å²) in [5.74, 6) is 0. The van der Waals surface area contributed by atoms with Gasteiger partial charge in [0.25, 0.3) is 11.1 Å². The highest BCUT2D eigenvalue weighted by Gasteiger charge is 2.13. The minimum absolute atomic E-state index is 0.190. The lowest BCUT2D eigenvalue weighted by molar-refractivity contribution is 0.811. The summed E-state index contributed by atoms with van der Waals surface area (Å²) in [5.41, 5.74) is 2.25. The molecule has 0 atom stereocenters. The van der Waals surface area contributed by atoms with Crippen molar-refractivity contribution in [1.82, 2.24) is 14.6 Å². The molecule has 2 heterocycles. The van der Waals surface area contributed by atoms with Crippen molar-refractivity contribution < 1.29 is 0 Å². The van der Waals surface area contributed by atoms with Crippen molar-refractivity contribution in [2.24, 2.45) is 0 Å². The average molecular weight is 453 g/mol. The Morgan fingerprint density at radius 3 is 2.45 bits per heavy atom. The molecule has 4 aromatic rings. The molecule has 31 heavy (non-hydrogen) atoms. The Morgan fingerprint density at radius 1 is 1.06 bits per heavy atom. The van der Waals surface area contributed by atoms with Crippen LogP contribution in [0, 0.1) is 0 Å². The van der Waals surface area contributed by atoms with Gasteiger partial charge in [-0.1, -0.05) is 53.3 Å². The summed E-state index contributed by atoms with van der Waals surface area (Å²) in [4.78, 5) is 31.9. The van der Waals surface area contributed by atoms with Crippen LogP contribution in [0.1, 0.15) is 30.7 Å². The summed E-state index contributed by atoms with van der Waals surface area (Å²) < 4.78 is 1.68. The summed E-state index contributed by atoms with van der Waals surface area (Å²) in [7, 11) is 0. The van der Waals surface area contributed by atoms with E-state index in [-0.39, 0.29) is 22.6 Å². The third kappa shape index (κ3) is 4.38. The third-order valence-corrected chi connectivity index (χ3v) is 6.41. The molecule has 0 N–H and O–H groups in total. The van der Waals surface area contributed by atoms with E-state index in [1.54, 1.807) is 12.1 Å². The predicted molar refractivity (Wildman–Crippen MR) is 126 cm³/mol. The molecule has 0 spiro atoms. The van der Waals surface area contributed by atoms with Crippen molar-refractivity contribution in [1.29, 1.82) is 0 Å². The largest absolute Gasteiger partial charge is 0.372 e. The number of hydrogen-bond donors (Lipinski definition) is 0.